The van der Waals surface area contributed by atoms with E-state index in [4.69, 9.17) is 11.3 Å². The summed E-state index contributed by atoms with van der Waals surface area (Å²) in [5.41, 5.74) is 5.12. The van der Waals surface area contributed by atoms with Crippen molar-refractivity contribution in [2.24, 2.45) is 0 Å². The van der Waals surface area contributed by atoms with E-state index in [2.05, 4.69) is 119 Å². The standard InChI is InChI=1S/C37H27N3O/c1-26-22-31(36(25-38)39-2)24-34(41-26)21-16-27-14-18-32(19-15-27)40(33-20-17-28-8-3-4-10-30(28)23-33)37-13-7-11-29-9-5-6-12-35(29)37/h3-21,23-24,26H,22H2,1H3. The number of nitrogens with zero attached hydrogens (tertiary/aromatic N) is 3. The molecule has 1 aliphatic rings. The lowest BCUT2D eigenvalue weighted by Gasteiger charge is -2.27. The smallest absolute Gasteiger partial charge is 0.265 e. The lowest BCUT2D eigenvalue weighted by molar-refractivity contribution is 0.133. The zero-order chi connectivity index (χ0) is 28.2. The number of nitriles is 1. The maximum Gasteiger partial charge on any atom is 0.265 e. The summed E-state index contributed by atoms with van der Waals surface area (Å²) >= 11 is 0. The first-order valence-corrected chi connectivity index (χ1v) is 13.6. The first-order valence-electron chi connectivity index (χ1n) is 13.6. The van der Waals surface area contributed by atoms with Crippen molar-refractivity contribution in [3.05, 3.63) is 155 Å². The molecule has 1 atom stereocenters. The minimum atomic E-state index is -0.0988. The number of anilines is 3. The number of hydrogen-bond donors (Lipinski definition) is 0. The second kappa shape index (κ2) is 11.3. The van der Waals surface area contributed by atoms with E-state index >= 15 is 0 Å². The zero-order valence-corrected chi connectivity index (χ0v) is 22.7. The summed E-state index contributed by atoms with van der Waals surface area (Å²) in [5.74, 6) is 0.646. The van der Waals surface area contributed by atoms with Crippen LogP contribution >= 0.6 is 0 Å². The number of fused-ring (bicyclic) bond motifs is 2. The van der Waals surface area contributed by atoms with Gasteiger partial charge in [0.15, 0.2) is 0 Å². The molecule has 41 heavy (non-hydrogen) atoms. The SMILES string of the molecule is [C-]#[N+]C(C#N)=C1C=C(C=Cc2ccc(N(c3ccc4ccccc4c3)c3cccc4ccccc34)cc2)OC(C)C1. The summed E-state index contributed by atoms with van der Waals surface area (Å²) in [6.07, 6.45) is 6.14. The van der Waals surface area contributed by atoms with Gasteiger partial charge in [-0.05, 0) is 76.7 Å². The number of hydrogen-bond acceptors (Lipinski definition) is 3. The topological polar surface area (TPSA) is 40.6 Å². The van der Waals surface area contributed by atoms with Crippen LogP contribution in [0.4, 0.5) is 17.1 Å². The first kappa shape index (κ1) is 25.7. The van der Waals surface area contributed by atoms with E-state index in [9.17, 15) is 5.26 Å². The fraction of sp³-hybridized carbons (Fsp3) is 0.0811. The predicted molar refractivity (Wildman–Crippen MR) is 168 cm³/mol. The second-order valence-corrected chi connectivity index (χ2v) is 10.1. The number of allylic oxidation sites excluding steroid dienone is 3. The molecule has 0 bridgehead atoms. The Balaban J connectivity index is 1.38. The molecule has 0 spiro atoms. The van der Waals surface area contributed by atoms with Crippen LogP contribution < -0.4 is 4.90 Å². The van der Waals surface area contributed by atoms with Crippen molar-refractivity contribution in [3.63, 3.8) is 0 Å². The van der Waals surface area contributed by atoms with Gasteiger partial charge in [0.05, 0.1) is 24.4 Å². The molecule has 1 unspecified atom stereocenters. The van der Waals surface area contributed by atoms with E-state index in [1.165, 1.54) is 21.5 Å². The highest BCUT2D eigenvalue weighted by Crippen LogP contribution is 2.40. The zero-order valence-electron chi connectivity index (χ0n) is 22.7. The minimum Gasteiger partial charge on any atom is -0.490 e. The quantitative estimate of drug-likeness (QED) is 0.168. The molecule has 0 amide bonds. The van der Waals surface area contributed by atoms with Crippen LogP contribution in [0.1, 0.15) is 18.9 Å². The highest BCUT2D eigenvalue weighted by atomic mass is 16.5. The van der Waals surface area contributed by atoms with E-state index < -0.39 is 0 Å². The van der Waals surface area contributed by atoms with Crippen molar-refractivity contribution in [2.45, 2.75) is 19.4 Å². The highest BCUT2D eigenvalue weighted by molar-refractivity contribution is 6.00. The fourth-order valence-corrected chi connectivity index (χ4v) is 5.33. The lowest BCUT2D eigenvalue weighted by atomic mass is 10.0. The van der Waals surface area contributed by atoms with Crippen molar-refractivity contribution in [1.29, 1.82) is 5.26 Å². The Bertz CT molecular complexity index is 1910. The highest BCUT2D eigenvalue weighted by Gasteiger charge is 2.18. The summed E-state index contributed by atoms with van der Waals surface area (Å²) in [4.78, 5) is 5.68. The number of benzene rings is 5. The average molecular weight is 530 g/mol. The molecule has 196 valence electrons. The van der Waals surface area contributed by atoms with Crippen LogP contribution in [-0.4, -0.2) is 6.10 Å². The fourth-order valence-electron chi connectivity index (χ4n) is 5.33. The largest absolute Gasteiger partial charge is 0.490 e. The second-order valence-electron chi connectivity index (χ2n) is 10.1. The molecule has 0 saturated carbocycles. The normalized spacial score (nSPS) is 16.1. The molecule has 4 heteroatoms. The van der Waals surface area contributed by atoms with Crippen LogP contribution in [-0.2, 0) is 4.74 Å². The maximum atomic E-state index is 9.29. The van der Waals surface area contributed by atoms with Gasteiger partial charge in [-0.1, -0.05) is 84.9 Å². The van der Waals surface area contributed by atoms with Crippen LogP contribution in [0.25, 0.3) is 32.5 Å². The molecule has 0 fully saturated rings. The van der Waals surface area contributed by atoms with Gasteiger partial charge in [-0.15, -0.1) is 0 Å². The van der Waals surface area contributed by atoms with Crippen LogP contribution in [0.15, 0.2) is 138 Å². The summed E-state index contributed by atoms with van der Waals surface area (Å²) in [7, 11) is 0. The predicted octanol–water partition coefficient (Wildman–Crippen LogP) is 9.87. The first-order chi connectivity index (χ1) is 20.1. The van der Waals surface area contributed by atoms with Gasteiger partial charge in [-0.3, -0.25) is 0 Å². The van der Waals surface area contributed by atoms with Gasteiger partial charge in [0.25, 0.3) is 5.70 Å². The molecule has 1 aliphatic heterocycles. The van der Waals surface area contributed by atoms with Crippen molar-refractivity contribution in [3.8, 4) is 6.07 Å². The van der Waals surface area contributed by atoms with E-state index in [1.807, 2.05) is 25.1 Å². The summed E-state index contributed by atoms with van der Waals surface area (Å²) in [5, 5.41) is 14.1. The van der Waals surface area contributed by atoms with Gasteiger partial charge in [-0.2, -0.15) is 0 Å². The Morgan fingerprint density at radius 3 is 2.34 bits per heavy atom. The Hall–Kier alpha value is -5.58. The Morgan fingerprint density at radius 2 is 1.56 bits per heavy atom. The Labute approximate surface area is 240 Å². The van der Waals surface area contributed by atoms with Crippen molar-refractivity contribution >= 4 is 44.7 Å². The van der Waals surface area contributed by atoms with Gasteiger partial charge >= 0.3 is 0 Å². The van der Waals surface area contributed by atoms with Gasteiger partial charge in [0.2, 0.25) is 0 Å². The molecular formula is C37H27N3O. The third-order valence-electron chi connectivity index (χ3n) is 7.27. The maximum absolute atomic E-state index is 9.29. The van der Waals surface area contributed by atoms with E-state index in [0.29, 0.717) is 12.2 Å². The van der Waals surface area contributed by atoms with Crippen molar-refractivity contribution < 1.29 is 4.74 Å². The molecule has 0 saturated heterocycles. The summed E-state index contributed by atoms with van der Waals surface area (Å²) in [6.45, 7) is 9.23. The number of rotatable bonds is 5. The molecule has 1 heterocycles. The molecule has 0 radical (unpaired) electrons. The molecular weight excluding hydrogens is 502 g/mol. The van der Waals surface area contributed by atoms with Gasteiger partial charge in [0.1, 0.15) is 5.76 Å². The number of ether oxygens (including phenoxy) is 1. The van der Waals surface area contributed by atoms with Gasteiger partial charge in [0, 0.05) is 23.2 Å². The molecule has 0 aliphatic carbocycles. The van der Waals surface area contributed by atoms with Crippen molar-refractivity contribution in [2.75, 3.05) is 4.90 Å². The van der Waals surface area contributed by atoms with Crippen LogP contribution in [0, 0.1) is 17.9 Å². The Morgan fingerprint density at radius 1 is 0.854 bits per heavy atom. The van der Waals surface area contributed by atoms with E-state index in [1.54, 1.807) is 6.08 Å². The average Bonchev–Trinajstić information content (AvgIpc) is 3.01. The minimum absolute atomic E-state index is 0.0988. The van der Waals surface area contributed by atoms with E-state index in [0.717, 1.165) is 28.2 Å². The molecule has 0 aromatic heterocycles. The van der Waals surface area contributed by atoms with Crippen LogP contribution in [0.5, 0.6) is 0 Å². The van der Waals surface area contributed by atoms with Crippen LogP contribution in [0.2, 0.25) is 0 Å². The van der Waals surface area contributed by atoms with Crippen LogP contribution in [0.3, 0.4) is 0 Å². The molecule has 4 nitrogen and oxygen atoms in total. The van der Waals surface area contributed by atoms with E-state index in [-0.39, 0.29) is 11.8 Å². The summed E-state index contributed by atoms with van der Waals surface area (Å²) < 4.78 is 5.95. The van der Waals surface area contributed by atoms with Crippen molar-refractivity contribution in [1.82, 2.24) is 0 Å². The summed E-state index contributed by atoms with van der Waals surface area (Å²) in [6, 6.07) is 40.3. The molecule has 0 N–H and O–H groups in total. The molecule has 6 rings (SSSR count). The van der Waals surface area contributed by atoms with Gasteiger partial charge in [-0.25, -0.2) is 10.1 Å². The third kappa shape index (κ3) is 5.33. The molecule has 5 aromatic carbocycles. The molecule has 5 aromatic rings. The monoisotopic (exact) mass is 529 g/mol. The van der Waals surface area contributed by atoms with Gasteiger partial charge < -0.3 is 9.64 Å². The lowest BCUT2D eigenvalue weighted by Crippen LogP contribution is -2.13. The Kier molecular flexibility index (Phi) is 7.06. The third-order valence-corrected chi connectivity index (χ3v) is 7.27.